The number of imide groups is 2. The number of fused-ring (bicyclic) bond motifs is 1. The maximum Gasteiger partial charge on any atom is 0.282 e. The third-order valence-corrected chi connectivity index (χ3v) is 14.4. The Hall–Kier alpha value is -5.11. The molecule has 1 spiro atoms. The number of likely N-dealkylation sites (tertiary alicyclic amines) is 1. The van der Waals surface area contributed by atoms with Crippen LogP contribution in [0.15, 0.2) is 36.4 Å². The minimum Gasteiger partial charge on any atom is -0.490 e. The summed E-state index contributed by atoms with van der Waals surface area (Å²) < 4.78 is 6.10. The molecule has 59 heavy (non-hydrogen) atoms. The fraction of sp³-hybridized carbons (Fsp3) is 0.524. The molecule has 1 aromatic heterocycles. The number of ether oxygens (including phenoxy) is 1. The molecule has 0 bridgehead atoms. The highest BCUT2D eigenvalue weighted by Gasteiger charge is 2.47. The summed E-state index contributed by atoms with van der Waals surface area (Å²) in [5.41, 5.74) is 2.21. The molecule has 9 rings (SSSR count). The quantitative estimate of drug-likeness (QED) is 0.219. The van der Waals surface area contributed by atoms with Crippen LogP contribution in [0.5, 0.6) is 5.75 Å². The zero-order valence-corrected chi connectivity index (χ0v) is 34.2. The van der Waals surface area contributed by atoms with Crippen LogP contribution in [0, 0.1) is 17.9 Å². The molecule has 2 N–H and O–H groups in total. The molecule has 1 atom stereocenters. The number of piperidine rings is 3. The van der Waals surface area contributed by atoms with E-state index in [0.29, 0.717) is 38.5 Å². The van der Waals surface area contributed by atoms with Crippen molar-refractivity contribution in [2.24, 2.45) is 11.3 Å². The summed E-state index contributed by atoms with van der Waals surface area (Å²) in [5.74, 6) is -0.882. The smallest absolute Gasteiger partial charge is 0.282 e. The van der Waals surface area contributed by atoms with Gasteiger partial charge in [0.05, 0.1) is 28.8 Å². The van der Waals surface area contributed by atoms with E-state index < -0.39 is 23.8 Å². The van der Waals surface area contributed by atoms with Crippen molar-refractivity contribution in [2.45, 2.75) is 82.4 Å². The molecule has 15 nitrogen and oxygen atoms in total. The Kier molecular flexibility index (Phi) is 10.8. The maximum absolute atomic E-state index is 13.3. The first-order valence-electron chi connectivity index (χ1n) is 20.6. The SMILES string of the molecule is [C-]#[N+]c1ccc(OC2CCC(NC(=O)c3nnc(N4CC5(CCN(CC6CCN(c7ccc8c(c7)C(=O)N(C7CCC(=O)NC7=O)C8=O)CC6)CC5)C4)s3)CC2)cc1Cl. The monoisotopic (exact) mass is 839 g/mol. The summed E-state index contributed by atoms with van der Waals surface area (Å²) in [4.78, 5) is 75.2. The number of carbonyl (C=O) groups is 5. The topological polar surface area (TPSA) is 162 Å². The van der Waals surface area contributed by atoms with Gasteiger partial charge in [-0.2, -0.15) is 0 Å². The van der Waals surface area contributed by atoms with Crippen molar-refractivity contribution < 1.29 is 28.7 Å². The van der Waals surface area contributed by atoms with Gasteiger partial charge in [-0.25, -0.2) is 4.85 Å². The van der Waals surface area contributed by atoms with Crippen molar-refractivity contribution >= 4 is 69.0 Å². The van der Waals surface area contributed by atoms with Gasteiger partial charge < -0.3 is 24.8 Å². The van der Waals surface area contributed by atoms with Crippen molar-refractivity contribution in [3.05, 3.63) is 69.0 Å². The summed E-state index contributed by atoms with van der Waals surface area (Å²) in [7, 11) is 0. The van der Waals surface area contributed by atoms with Gasteiger partial charge in [-0.05, 0) is 107 Å². The Morgan fingerprint density at radius 1 is 0.915 bits per heavy atom. The molecule has 5 amide bonds. The van der Waals surface area contributed by atoms with Crippen molar-refractivity contribution in [1.29, 1.82) is 0 Å². The number of anilines is 2. The molecule has 5 fully saturated rings. The summed E-state index contributed by atoms with van der Waals surface area (Å²) in [5, 5.41) is 15.6. The number of benzene rings is 2. The lowest BCUT2D eigenvalue weighted by Gasteiger charge is -2.54. The first kappa shape index (κ1) is 39.4. The number of carbonyl (C=O) groups excluding carboxylic acids is 5. The van der Waals surface area contributed by atoms with E-state index in [1.54, 1.807) is 30.3 Å². The normalized spacial score (nSPS) is 24.7. The largest absolute Gasteiger partial charge is 0.490 e. The standard InChI is InChI=1S/C42H46ClN9O6S/c1-44-33-9-7-29(21-32(33)43)58-28-5-2-26(3-6-28)45-37(55)38-47-48-41(59-38)51-23-42(24-51)14-18-49(19-15-42)22-25-12-16-50(17-13-25)27-4-8-30-31(20-27)40(57)52(39(30)56)34-10-11-35(53)46-36(34)54/h4,7-9,20-21,25-26,28,34H,2-3,5-6,10-19,22-24H2,(H,45,55)(H,46,53,54). The van der Waals surface area contributed by atoms with Crippen LogP contribution in [0.2, 0.25) is 5.02 Å². The van der Waals surface area contributed by atoms with Crippen molar-refractivity contribution in [3.8, 4) is 5.75 Å². The average Bonchev–Trinajstić information content (AvgIpc) is 3.81. The van der Waals surface area contributed by atoms with Gasteiger partial charge >= 0.3 is 0 Å². The van der Waals surface area contributed by atoms with Crippen molar-refractivity contribution in [2.75, 3.05) is 55.6 Å². The van der Waals surface area contributed by atoms with Gasteiger partial charge in [0.1, 0.15) is 11.8 Å². The molecule has 1 unspecified atom stereocenters. The van der Waals surface area contributed by atoms with E-state index in [0.717, 1.165) is 113 Å². The van der Waals surface area contributed by atoms with Gasteiger partial charge in [0.2, 0.25) is 27.6 Å². The van der Waals surface area contributed by atoms with Crippen LogP contribution in [0.4, 0.5) is 16.5 Å². The van der Waals surface area contributed by atoms with Gasteiger partial charge in [0, 0.05) is 56.3 Å². The minimum absolute atomic E-state index is 0.0346. The van der Waals surface area contributed by atoms with Gasteiger partial charge in [-0.1, -0.05) is 29.0 Å². The molecule has 2 aromatic carbocycles. The highest BCUT2D eigenvalue weighted by atomic mass is 35.5. The third-order valence-electron chi connectivity index (χ3n) is 13.1. The van der Waals surface area contributed by atoms with E-state index in [1.165, 1.54) is 11.3 Å². The van der Waals surface area contributed by atoms with Gasteiger partial charge in [-0.15, -0.1) is 10.2 Å². The molecule has 6 heterocycles. The van der Waals surface area contributed by atoms with Crippen LogP contribution < -0.4 is 25.2 Å². The molecule has 17 heteroatoms. The second-order valence-corrected chi connectivity index (χ2v) is 18.3. The second-order valence-electron chi connectivity index (χ2n) is 16.9. The van der Waals surface area contributed by atoms with Crippen LogP contribution in [0.3, 0.4) is 0 Å². The first-order valence-corrected chi connectivity index (χ1v) is 21.8. The molecular weight excluding hydrogens is 794 g/mol. The Balaban J connectivity index is 0.687. The fourth-order valence-electron chi connectivity index (χ4n) is 9.67. The number of hydrogen-bond acceptors (Lipinski definition) is 12. The van der Waals surface area contributed by atoms with E-state index in [1.807, 2.05) is 6.07 Å². The molecule has 3 aromatic rings. The Morgan fingerprint density at radius 2 is 1.66 bits per heavy atom. The van der Waals surface area contributed by atoms with Gasteiger partial charge in [-0.3, -0.25) is 34.2 Å². The fourth-order valence-corrected chi connectivity index (χ4v) is 10.6. The Bertz CT molecular complexity index is 2210. The van der Waals surface area contributed by atoms with Gasteiger partial charge in [0.15, 0.2) is 0 Å². The van der Waals surface area contributed by atoms with E-state index >= 15 is 0 Å². The van der Waals surface area contributed by atoms with Crippen molar-refractivity contribution in [3.63, 3.8) is 0 Å². The lowest BCUT2D eigenvalue weighted by atomic mass is 9.72. The lowest BCUT2D eigenvalue weighted by Crippen LogP contribution is -2.60. The number of nitrogens with one attached hydrogen (secondary N) is 2. The second kappa shape index (κ2) is 16.2. The molecule has 0 radical (unpaired) electrons. The summed E-state index contributed by atoms with van der Waals surface area (Å²) in [6, 6.07) is 9.59. The zero-order chi connectivity index (χ0) is 40.8. The molecule has 5 aliphatic heterocycles. The number of hydrogen-bond donors (Lipinski definition) is 2. The van der Waals surface area contributed by atoms with Crippen LogP contribution >= 0.6 is 22.9 Å². The predicted molar refractivity (Wildman–Crippen MR) is 220 cm³/mol. The number of halogens is 1. The lowest BCUT2D eigenvalue weighted by molar-refractivity contribution is -0.136. The third kappa shape index (κ3) is 8.00. The van der Waals surface area contributed by atoms with E-state index in [9.17, 15) is 24.0 Å². The molecular formula is C42H46ClN9O6S. The Morgan fingerprint density at radius 3 is 2.37 bits per heavy atom. The summed E-state index contributed by atoms with van der Waals surface area (Å²) >= 11 is 7.53. The Labute approximate surface area is 351 Å². The van der Waals surface area contributed by atoms with Gasteiger partial charge in [0.25, 0.3) is 17.7 Å². The molecule has 1 saturated carbocycles. The van der Waals surface area contributed by atoms with Crippen LogP contribution in [0.25, 0.3) is 4.85 Å². The average molecular weight is 840 g/mol. The summed E-state index contributed by atoms with van der Waals surface area (Å²) in [6.45, 7) is 14.0. The number of nitrogens with zero attached hydrogens (tertiary/aromatic N) is 7. The molecule has 1 aliphatic carbocycles. The molecule has 308 valence electrons. The molecule has 4 saturated heterocycles. The highest BCUT2D eigenvalue weighted by Crippen LogP contribution is 2.44. The van der Waals surface area contributed by atoms with E-state index in [-0.39, 0.29) is 42.2 Å². The number of rotatable bonds is 9. The van der Waals surface area contributed by atoms with E-state index in [2.05, 4.69) is 40.4 Å². The number of aromatic nitrogens is 2. The summed E-state index contributed by atoms with van der Waals surface area (Å²) in [6.07, 6.45) is 7.86. The number of amides is 5. The maximum atomic E-state index is 13.3. The zero-order valence-electron chi connectivity index (χ0n) is 32.7. The predicted octanol–water partition coefficient (Wildman–Crippen LogP) is 5.08. The van der Waals surface area contributed by atoms with Crippen LogP contribution in [0.1, 0.15) is 94.7 Å². The van der Waals surface area contributed by atoms with Crippen LogP contribution in [-0.4, -0.2) is 114 Å². The first-order chi connectivity index (χ1) is 28.5. The van der Waals surface area contributed by atoms with E-state index in [4.69, 9.17) is 22.9 Å². The minimum atomic E-state index is -0.967. The highest BCUT2D eigenvalue weighted by molar-refractivity contribution is 7.17. The van der Waals surface area contributed by atoms with Crippen LogP contribution in [-0.2, 0) is 9.59 Å². The van der Waals surface area contributed by atoms with Crippen molar-refractivity contribution in [1.82, 2.24) is 30.6 Å². The molecule has 6 aliphatic rings.